The fourth-order valence-corrected chi connectivity index (χ4v) is 1.96. The zero-order chi connectivity index (χ0) is 10.1. The minimum Gasteiger partial charge on any atom is -0.377 e. The third-order valence-electron chi connectivity index (χ3n) is 2.63. The number of unbranched alkanes of at least 4 members (excludes halogenated alkanes) is 3. The molecule has 0 bridgehead atoms. The van der Waals surface area contributed by atoms with Crippen LogP contribution in [0.1, 0.15) is 38.5 Å². The third kappa shape index (κ3) is 5.84. The van der Waals surface area contributed by atoms with E-state index in [2.05, 4.69) is 5.32 Å². The van der Waals surface area contributed by atoms with Crippen LogP contribution in [0.3, 0.4) is 0 Å². The van der Waals surface area contributed by atoms with Crippen molar-refractivity contribution in [2.24, 2.45) is 0 Å². The molecule has 0 aromatic rings. The Morgan fingerprint density at radius 3 is 2.79 bits per heavy atom. The predicted molar refractivity (Wildman–Crippen MR) is 61.0 cm³/mol. The Hall–Kier alpha value is 0.210. The number of rotatable bonds is 8. The fourth-order valence-electron chi connectivity index (χ4n) is 1.77. The molecule has 1 heterocycles. The van der Waals surface area contributed by atoms with Gasteiger partial charge in [-0.05, 0) is 32.2 Å². The molecule has 0 radical (unpaired) electrons. The highest BCUT2D eigenvalue weighted by molar-refractivity contribution is 6.17. The molecule has 3 heteroatoms. The molecule has 0 aromatic heterocycles. The van der Waals surface area contributed by atoms with E-state index < -0.39 is 0 Å². The van der Waals surface area contributed by atoms with Gasteiger partial charge in [-0.1, -0.05) is 12.8 Å². The Labute approximate surface area is 92.3 Å². The molecule has 0 aliphatic carbocycles. The minimum absolute atomic E-state index is 0.484. The minimum atomic E-state index is 0.484. The van der Waals surface area contributed by atoms with Gasteiger partial charge in [0.2, 0.25) is 0 Å². The van der Waals surface area contributed by atoms with Gasteiger partial charge in [0.15, 0.2) is 0 Å². The number of hydrogen-bond acceptors (Lipinski definition) is 2. The third-order valence-corrected chi connectivity index (χ3v) is 2.90. The largest absolute Gasteiger partial charge is 0.377 e. The van der Waals surface area contributed by atoms with Crippen LogP contribution in [0.15, 0.2) is 0 Å². The lowest BCUT2D eigenvalue weighted by molar-refractivity contribution is 0.110. The van der Waals surface area contributed by atoms with E-state index in [0.29, 0.717) is 6.10 Å². The van der Waals surface area contributed by atoms with Crippen molar-refractivity contribution >= 4 is 11.6 Å². The summed E-state index contributed by atoms with van der Waals surface area (Å²) in [5.41, 5.74) is 0. The summed E-state index contributed by atoms with van der Waals surface area (Å²) in [6.45, 7) is 3.12. The van der Waals surface area contributed by atoms with Crippen molar-refractivity contribution in [1.82, 2.24) is 5.32 Å². The van der Waals surface area contributed by atoms with Gasteiger partial charge < -0.3 is 10.1 Å². The molecular formula is C11H22ClNO. The Bertz CT molecular complexity index is 126. The molecule has 14 heavy (non-hydrogen) atoms. The van der Waals surface area contributed by atoms with E-state index in [4.69, 9.17) is 16.3 Å². The van der Waals surface area contributed by atoms with Gasteiger partial charge in [-0.2, -0.15) is 0 Å². The molecule has 84 valence electrons. The number of halogens is 1. The normalized spacial score (nSPS) is 21.6. The molecule has 1 aliphatic rings. The highest BCUT2D eigenvalue weighted by Gasteiger charge is 2.13. The second-order valence-electron chi connectivity index (χ2n) is 3.94. The van der Waals surface area contributed by atoms with Gasteiger partial charge >= 0.3 is 0 Å². The summed E-state index contributed by atoms with van der Waals surface area (Å²) in [4.78, 5) is 0. The molecule has 0 aromatic carbocycles. The summed E-state index contributed by atoms with van der Waals surface area (Å²) in [5.74, 6) is 0.809. The van der Waals surface area contributed by atoms with E-state index in [1.165, 1.54) is 32.1 Å². The van der Waals surface area contributed by atoms with Crippen molar-refractivity contribution in [2.45, 2.75) is 44.6 Å². The maximum absolute atomic E-state index is 5.60. The zero-order valence-corrected chi connectivity index (χ0v) is 9.69. The Morgan fingerprint density at radius 1 is 1.21 bits per heavy atom. The maximum Gasteiger partial charge on any atom is 0.0700 e. The van der Waals surface area contributed by atoms with Crippen LogP contribution in [0.5, 0.6) is 0 Å². The van der Waals surface area contributed by atoms with Gasteiger partial charge in [-0.15, -0.1) is 11.6 Å². The molecule has 1 saturated heterocycles. The van der Waals surface area contributed by atoms with E-state index in [0.717, 1.165) is 32.0 Å². The van der Waals surface area contributed by atoms with Gasteiger partial charge in [-0.25, -0.2) is 0 Å². The first-order valence-corrected chi connectivity index (χ1v) is 6.35. The van der Waals surface area contributed by atoms with Gasteiger partial charge in [-0.3, -0.25) is 0 Å². The lowest BCUT2D eigenvalue weighted by Gasteiger charge is -2.10. The van der Waals surface area contributed by atoms with Crippen molar-refractivity contribution in [3.05, 3.63) is 0 Å². The average molecular weight is 220 g/mol. The molecule has 1 fully saturated rings. The molecule has 1 aliphatic heterocycles. The molecular weight excluding hydrogens is 198 g/mol. The molecule has 0 amide bonds. The Morgan fingerprint density at radius 2 is 2.07 bits per heavy atom. The second kappa shape index (κ2) is 8.51. The van der Waals surface area contributed by atoms with Crippen LogP contribution in [-0.4, -0.2) is 31.7 Å². The molecule has 1 N–H and O–H groups in total. The van der Waals surface area contributed by atoms with Crippen molar-refractivity contribution in [2.75, 3.05) is 25.6 Å². The summed E-state index contributed by atoms with van der Waals surface area (Å²) in [6.07, 6.45) is 7.95. The van der Waals surface area contributed by atoms with Crippen molar-refractivity contribution in [1.29, 1.82) is 0 Å². The van der Waals surface area contributed by atoms with Gasteiger partial charge in [0.25, 0.3) is 0 Å². The standard InChI is InChI=1S/C11H22ClNO/c12-7-3-1-2-4-8-13-10-11-6-5-9-14-11/h11,13H,1-10H2. The maximum atomic E-state index is 5.60. The quantitative estimate of drug-likeness (QED) is 0.501. The average Bonchev–Trinajstić information content (AvgIpc) is 2.69. The van der Waals surface area contributed by atoms with E-state index in [9.17, 15) is 0 Å². The highest BCUT2D eigenvalue weighted by Crippen LogP contribution is 2.10. The first kappa shape index (κ1) is 12.3. The topological polar surface area (TPSA) is 21.3 Å². The second-order valence-corrected chi connectivity index (χ2v) is 4.32. The van der Waals surface area contributed by atoms with Gasteiger partial charge in [0.05, 0.1) is 6.10 Å². The Kier molecular flexibility index (Phi) is 7.47. The van der Waals surface area contributed by atoms with Crippen LogP contribution < -0.4 is 5.32 Å². The summed E-state index contributed by atoms with van der Waals surface area (Å²) in [6, 6.07) is 0. The molecule has 0 spiro atoms. The van der Waals surface area contributed by atoms with E-state index in [-0.39, 0.29) is 0 Å². The van der Waals surface area contributed by atoms with Gasteiger partial charge in [0.1, 0.15) is 0 Å². The molecule has 1 unspecified atom stereocenters. The molecule has 1 rings (SSSR count). The number of hydrogen-bond donors (Lipinski definition) is 1. The first-order valence-electron chi connectivity index (χ1n) is 5.82. The van der Waals surface area contributed by atoms with Crippen LogP contribution in [-0.2, 0) is 4.74 Å². The SMILES string of the molecule is ClCCCCCCNCC1CCCO1. The predicted octanol–water partition coefficient (Wildman–Crippen LogP) is 2.55. The number of alkyl halides is 1. The summed E-state index contributed by atoms with van der Waals surface area (Å²) in [5, 5.41) is 3.45. The van der Waals surface area contributed by atoms with E-state index in [1.807, 2.05) is 0 Å². The van der Waals surface area contributed by atoms with Crippen LogP contribution in [0.25, 0.3) is 0 Å². The molecule has 2 nitrogen and oxygen atoms in total. The van der Waals surface area contributed by atoms with Crippen LogP contribution in [0, 0.1) is 0 Å². The van der Waals surface area contributed by atoms with E-state index in [1.54, 1.807) is 0 Å². The number of nitrogens with one attached hydrogen (secondary N) is 1. The fraction of sp³-hybridized carbons (Fsp3) is 1.00. The summed E-state index contributed by atoms with van der Waals surface area (Å²) >= 11 is 5.60. The lowest BCUT2D eigenvalue weighted by atomic mass is 10.2. The van der Waals surface area contributed by atoms with Gasteiger partial charge in [0, 0.05) is 19.0 Å². The number of ether oxygens (including phenoxy) is 1. The molecule has 0 saturated carbocycles. The van der Waals surface area contributed by atoms with Crippen molar-refractivity contribution < 1.29 is 4.74 Å². The summed E-state index contributed by atoms with van der Waals surface area (Å²) in [7, 11) is 0. The van der Waals surface area contributed by atoms with Crippen LogP contribution in [0.4, 0.5) is 0 Å². The van der Waals surface area contributed by atoms with Crippen molar-refractivity contribution in [3.63, 3.8) is 0 Å². The monoisotopic (exact) mass is 219 g/mol. The zero-order valence-electron chi connectivity index (χ0n) is 8.93. The van der Waals surface area contributed by atoms with Crippen LogP contribution in [0.2, 0.25) is 0 Å². The summed E-state index contributed by atoms with van der Waals surface area (Å²) < 4.78 is 5.52. The van der Waals surface area contributed by atoms with Crippen molar-refractivity contribution in [3.8, 4) is 0 Å². The van der Waals surface area contributed by atoms with E-state index >= 15 is 0 Å². The molecule has 1 atom stereocenters. The smallest absolute Gasteiger partial charge is 0.0700 e. The highest BCUT2D eigenvalue weighted by atomic mass is 35.5. The van der Waals surface area contributed by atoms with Crippen LogP contribution >= 0.6 is 11.6 Å². The Balaban J connectivity index is 1.75. The lowest BCUT2D eigenvalue weighted by Crippen LogP contribution is -2.26. The first-order chi connectivity index (χ1) is 6.93.